The van der Waals surface area contributed by atoms with Gasteiger partial charge in [0, 0.05) is 44.4 Å². The maximum Gasteiger partial charge on any atom is 0.271 e. The SMILES string of the molecule is CCn1nnc(C)c1C(=O)NC[C@@H]1CCCO[C@H]1c1cnn(C)c1. The molecule has 2 aromatic rings. The molecular weight excluding hydrogens is 308 g/mol. The largest absolute Gasteiger partial charge is 0.373 e. The van der Waals surface area contributed by atoms with Gasteiger partial charge in [-0.3, -0.25) is 9.48 Å². The Bertz CT molecular complexity index is 707. The average molecular weight is 332 g/mol. The van der Waals surface area contributed by atoms with Crippen LogP contribution in [0.2, 0.25) is 0 Å². The molecule has 0 unspecified atom stereocenters. The van der Waals surface area contributed by atoms with Crippen LogP contribution >= 0.6 is 0 Å². The molecule has 0 bridgehead atoms. The van der Waals surface area contributed by atoms with Gasteiger partial charge in [0.05, 0.1) is 18.0 Å². The number of aryl methyl sites for hydroxylation is 3. The summed E-state index contributed by atoms with van der Waals surface area (Å²) in [7, 11) is 1.89. The van der Waals surface area contributed by atoms with Crippen LogP contribution in [0.4, 0.5) is 0 Å². The number of aromatic nitrogens is 5. The number of nitrogens with one attached hydrogen (secondary N) is 1. The van der Waals surface area contributed by atoms with Gasteiger partial charge >= 0.3 is 0 Å². The van der Waals surface area contributed by atoms with Crippen LogP contribution < -0.4 is 5.32 Å². The second kappa shape index (κ2) is 7.12. The molecule has 1 aliphatic rings. The van der Waals surface area contributed by atoms with Gasteiger partial charge in [-0.05, 0) is 26.7 Å². The predicted octanol–water partition coefficient (Wildman–Crippen LogP) is 1.24. The summed E-state index contributed by atoms with van der Waals surface area (Å²) in [5.74, 6) is 0.105. The molecule has 1 aliphatic heterocycles. The Labute approximate surface area is 141 Å². The Morgan fingerprint density at radius 2 is 2.33 bits per heavy atom. The lowest BCUT2D eigenvalue weighted by Gasteiger charge is -2.31. The monoisotopic (exact) mass is 332 g/mol. The summed E-state index contributed by atoms with van der Waals surface area (Å²) in [5, 5.41) is 15.2. The zero-order chi connectivity index (χ0) is 17.1. The number of hydrogen-bond acceptors (Lipinski definition) is 5. The van der Waals surface area contributed by atoms with Gasteiger partial charge in [-0.15, -0.1) is 5.10 Å². The molecule has 8 heteroatoms. The van der Waals surface area contributed by atoms with Crippen LogP contribution in [0.15, 0.2) is 12.4 Å². The molecule has 8 nitrogen and oxygen atoms in total. The van der Waals surface area contributed by atoms with E-state index in [0.29, 0.717) is 24.5 Å². The van der Waals surface area contributed by atoms with Crippen LogP contribution in [-0.4, -0.2) is 43.8 Å². The van der Waals surface area contributed by atoms with E-state index < -0.39 is 0 Å². The molecular formula is C16H24N6O2. The van der Waals surface area contributed by atoms with Crippen LogP contribution in [0.5, 0.6) is 0 Å². The standard InChI is InChI=1S/C16H24N6O2/c1-4-22-14(11(2)19-20-22)16(23)17-8-12-6-5-7-24-15(12)13-9-18-21(3)10-13/h9-10,12,15H,4-8H2,1-3H3,(H,17,23)/t12-,15+/m0/s1. The molecule has 24 heavy (non-hydrogen) atoms. The van der Waals surface area contributed by atoms with Gasteiger partial charge in [-0.25, -0.2) is 4.68 Å². The van der Waals surface area contributed by atoms with Crippen molar-refractivity contribution in [1.82, 2.24) is 30.1 Å². The highest BCUT2D eigenvalue weighted by atomic mass is 16.5. The van der Waals surface area contributed by atoms with E-state index in [1.807, 2.05) is 26.4 Å². The van der Waals surface area contributed by atoms with Crippen molar-refractivity contribution in [2.24, 2.45) is 13.0 Å². The molecule has 130 valence electrons. The second-order valence-electron chi connectivity index (χ2n) is 6.19. The Balaban J connectivity index is 1.67. The zero-order valence-electron chi connectivity index (χ0n) is 14.4. The Morgan fingerprint density at radius 3 is 3.04 bits per heavy atom. The smallest absolute Gasteiger partial charge is 0.271 e. The third-order valence-corrected chi connectivity index (χ3v) is 4.44. The van der Waals surface area contributed by atoms with Crippen molar-refractivity contribution in [2.75, 3.05) is 13.2 Å². The van der Waals surface area contributed by atoms with E-state index in [0.717, 1.165) is 25.0 Å². The minimum absolute atomic E-state index is 0.0249. The third-order valence-electron chi connectivity index (χ3n) is 4.44. The number of carbonyl (C=O) groups excluding carboxylic acids is 1. The van der Waals surface area contributed by atoms with Crippen LogP contribution in [-0.2, 0) is 18.3 Å². The van der Waals surface area contributed by atoms with E-state index in [-0.39, 0.29) is 17.9 Å². The zero-order valence-corrected chi connectivity index (χ0v) is 14.4. The van der Waals surface area contributed by atoms with Gasteiger partial charge in [-0.1, -0.05) is 5.21 Å². The lowest BCUT2D eigenvalue weighted by molar-refractivity contribution is -0.0273. The number of hydrogen-bond donors (Lipinski definition) is 1. The Kier molecular flexibility index (Phi) is 4.94. The first-order valence-corrected chi connectivity index (χ1v) is 8.38. The minimum atomic E-state index is -0.130. The lowest BCUT2D eigenvalue weighted by Crippen LogP contribution is -2.36. The molecule has 0 radical (unpaired) electrons. The molecule has 2 aromatic heterocycles. The van der Waals surface area contributed by atoms with E-state index >= 15 is 0 Å². The molecule has 1 fully saturated rings. The average Bonchev–Trinajstić information content (AvgIpc) is 3.18. The Morgan fingerprint density at radius 1 is 1.50 bits per heavy atom. The van der Waals surface area contributed by atoms with E-state index in [4.69, 9.17) is 4.74 Å². The maximum atomic E-state index is 12.5. The van der Waals surface area contributed by atoms with Gasteiger partial charge in [0.15, 0.2) is 0 Å². The second-order valence-corrected chi connectivity index (χ2v) is 6.19. The first kappa shape index (κ1) is 16.6. The van der Waals surface area contributed by atoms with Gasteiger partial charge in [0.25, 0.3) is 5.91 Å². The summed E-state index contributed by atoms with van der Waals surface area (Å²) in [6.45, 7) is 5.67. The fourth-order valence-corrected chi connectivity index (χ4v) is 3.22. The minimum Gasteiger partial charge on any atom is -0.373 e. The molecule has 0 aromatic carbocycles. The number of amides is 1. The van der Waals surface area contributed by atoms with Crippen molar-refractivity contribution in [3.63, 3.8) is 0 Å². The molecule has 1 saturated heterocycles. The molecule has 0 spiro atoms. The van der Waals surface area contributed by atoms with Crippen LogP contribution in [0.3, 0.4) is 0 Å². The number of rotatable bonds is 5. The van der Waals surface area contributed by atoms with Crippen LogP contribution in [0.25, 0.3) is 0 Å². The van der Waals surface area contributed by atoms with Gasteiger partial charge in [-0.2, -0.15) is 5.10 Å². The lowest BCUT2D eigenvalue weighted by atomic mass is 9.91. The molecule has 2 atom stereocenters. The van der Waals surface area contributed by atoms with E-state index in [1.54, 1.807) is 16.3 Å². The van der Waals surface area contributed by atoms with Gasteiger partial charge in [0.1, 0.15) is 5.69 Å². The topological polar surface area (TPSA) is 86.9 Å². The quantitative estimate of drug-likeness (QED) is 0.890. The number of carbonyl (C=O) groups is 1. The van der Waals surface area contributed by atoms with Crippen LogP contribution in [0, 0.1) is 12.8 Å². The van der Waals surface area contributed by atoms with Crippen molar-refractivity contribution >= 4 is 5.91 Å². The first-order chi connectivity index (χ1) is 11.6. The summed E-state index contributed by atoms with van der Waals surface area (Å²) < 4.78 is 9.35. The van der Waals surface area contributed by atoms with Gasteiger partial charge in [0.2, 0.25) is 0 Å². The highest BCUT2D eigenvalue weighted by Gasteiger charge is 2.29. The predicted molar refractivity (Wildman–Crippen MR) is 87.4 cm³/mol. The fourth-order valence-electron chi connectivity index (χ4n) is 3.22. The highest BCUT2D eigenvalue weighted by Crippen LogP contribution is 2.32. The van der Waals surface area contributed by atoms with Crippen molar-refractivity contribution < 1.29 is 9.53 Å². The summed E-state index contributed by atoms with van der Waals surface area (Å²) in [6, 6.07) is 0. The summed E-state index contributed by atoms with van der Waals surface area (Å²) in [4.78, 5) is 12.5. The number of nitrogens with zero attached hydrogens (tertiary/aromatic N) is 5. The molecule has 3 heterocycles. The summed E-state index contributed by atoms with van der Waals surface area (Å²) in [6.07, 6.45) is 5.81. The number of ether oxygens (including phenoxy) is 1. The normalized spacial score (nSPS) is 21.0. The highest BCUT2D eigenvalue weighted by molar-refractivity contribution is 5.93. The van der Waals surface area contributed by atoms with Crippen molar-refractivity contribution in [2.45, 2.75) is 39.3 Å². The van der Waals surface area contributed by atoms with Crippen molar-refractivity contribution in [1.29, 1.82) is 0 Å². The van der Waals surface area contributed by atoms with E-state index in [2.05, 4.69) is 20.7 Å². The summed E-state index contributed by atoms with van der Waals surface area (Å²) >= 11 is 0. The van der Waals surface area contributed by atoms with E-state index in [9.17, 15) is 4.79 Å². The van der Waals surface area contributed by atoms with Crippen molar-refractivity contribution in [3.8, 4) is 0 Å². The maximum absolute atomic E-state index is 12.5. The fraction of sp³-hybridized carbons (Fsp3) is 0.625. The molecule has 0 aliphatic carbocycles. The molecule has 1 N–H and O–H groups in total. The Hall–Kier alpha value is -2.22. The third kappa shape index (κ3) is 3.33. The van der Waals surface area contributed by atoms with E-state index in [1.165, 1.54) is 0 Å². The molecule has 0 saturated carbocycles. The first-order valence-electron chi connectivity index (χ1n) is 8.38. The van der Waals surface area contributed by atoms with Crippen LogP contribution in [0.1, 0.15) is 47.6 Å². The molecule has 3 rings (SSSR count). The molecule has 1 amide bonds. The van der Waals surface area contributed by atoms with Crippen molar-refractivity contribution in [3.05, 3.63) is 29.3 Å². The summed E-state index contributed by atoms with van der Waals surface area (Å²) in [5.41, 5.74) is 2.25. The van der Waals surface area contributed by atoms with Gasteiger partial charge < -0.3 is 10.1 Å².